The van der Waals surface area contributed by atoms with Crippen LogP contribution in [0, 0.1) is 11.6 Å². The van der Waals surface area contributed by atoms with Crippen molar-refractivity contribution in [3.05, 3.63) is 107 Å². The van der Waals surface area contributed by atoms with Gasteiger partial charge in [-0.2, -0.15) is 0 Å². The summed E-state index contributed by atoms with van der Waals surface area (Å²) in [4.78, 5) is 24.8. The molecule has 3 N–H and O–H groups in total. The monoisotopic (exact) mass is 380 g/mol. The molecule has 0 spiro atoms. The van der Waals surface area contributed by atoms with E-state index < -0.39 is 35.4 Å². The van der Waals surface area contributed by atoms with E-state index in [9.17, 15) is 18.4 Å². The van der Waals surface area contributed by atoms with Gasteiger partial charge in [0.1, 0.15) is 6.04 Å². The molecule has 3 aromatic rings. The maximum absolute atomic E-state index is 13.5. The lowest BCUT2D eigenvalue weighted by Gasteiger charge is -2.27. The van der Waals surface area contributed by atoms with E-state index in [1.54, 1.807) is 0 Å². The highest BCUT2D eigenvalue weighted by Gasteiger charge is 2.31. The first-order chi connectivity index (χ1) is 13.5. The molecule has 4 nitrogen and oxygen atoms in total. The van der Waals surface area contributed by atoms with Crippen LogP contribution < -0.4 is 11.1 Å². The summed E-state index contributed by atoms with van der Waals surface area (Å²) in [6.07, 6.45) is 0. The van der Waals surface area contributed by atoms with Gasteiger partial charge in [0.25, 0.3) is 5.91 Å². The summed E-state index contributed by atoms with van der Waals surface area (Å²) < 4.78 is 26.6. The van der Waals surface area contributed by atoms with Crippen LogP contribution >= 0.6 is 0 Å². The van der Waals surface area contributed by atoms with Gasteiger partial charge in [0.15, 0.2) is 11.6 Å². The first kappa shape index (κ1) is 19.2. The Kier molecular flexibility index (Phi) is 5.79. The van der Waals surface area contributed by atoms with E-state index in [2.05, 4.69) is 5.32 Å². The van der Waals surface area contributed by atoms with Crippen molar-refractivity contribution < 1.29 is 18.4 Å². The molecule has 0 bridgehead atoms. The van der Waals surface area contributed by atoms with Crippen LogP contribution in [0.4, 0.5) is 8.78 Å². The fourth-order valence-corrected chi connectivity index (χ4v) is 3.08. The first-order valence-corrected chi connectivity index (χ1v) is 8.62. The number of amides is 2. The molecule has 2 amide bonds. The lowest BCUT2D eigenvalue weighted by atomic mass is 9.84. The number of carbonyl (C=O) groups excluding carboxylic acids is 2. The van der Waals surface area contributed by atoms with Gasteiger partial charge in [-0.3, -0.25) is 9.59 Å². The molecule has 0 heterocycles. The molecule has 6 heteroatoms. The van der Waals surface area contributed by atoms with E-state index in [1.165, 1.54) is 0 Å². The first-order valence-electron chi connectivity index (χ1n) is 8.62. The number of rotatable bonds is 6. The van der Waals surface area contributed by atoms with Gasteiger partial charge in [0.05, 0.1) is 0 Å². The number of hydrogen-bond donors (Lipinski definition) is 2. The Morgan fingerprint density at radius 2 is 1.32 bits per heavy atom. The highest BCUT2D eigenvalue weighted by Crippen LogP contribution is 2.28. The number of halogens is 2. The van der Waals surface area contributed by atoms with Crippen molar-refractivity contribution in [2.75, 3.05) is 0 Å². The normalized spacial score (nSPS) is 11.8. The van der Waals surface area contributed by atoms with Gasteiger partial charge in [-0.05, 0) is 29.3 Å². The summed E-state index contributed by atoms with van der Waals surface area (Å²) in [5.74, 6) is -4.22. The van der Waals surface area contributed by atoms with E-state index >= 15 is 0 Å². The Hall–Kier alpha value is -3.54. The molecular weight excluding hydrogens is 362 g/mol. The summed E-state index contributed by atoms with van der Waals surface area (Å²) in [7, 11) is 0. The van der Waals surface area contributed by atoms with E-state index in [1.807, 2.05) is 60.7 Å². The van der Waals surface area contributed by atoms with Crippen LogP contribution in [0.2, 0.25) is 0 Å². The molecule has 0 aliphatic carbocycles. The van der Waals surface area contributed by atoms with Gasteiger partial charge in [0.2, 0.25) is 5.91 Å². The largest absolute Gasteiger partial charge is 0.368 e. The smallest absolute Gasteiger partial charge is 0.252 e. The van der Waals surface area contributed by atoms with Crippen molar-refractivity contribution in [3.8, 4) is 0 Å². The minimum absolute atomic E-state index is 0.106. The quantitative estimate of drug-likeness (QED) is 0.688. The van der Waals surface area contributed by atoms with Crippen molar-refractivity contribution in [3.63, 3.8) is 0 Å². The van der Waals surface area contributed by atoms with E-state index in [0.717, 1.165) is 29.3 Å². The second kappa shape index (κ2) is 8.43. The van der Waals surface area contributed by atoms with Crippen LogP contribution in [0.15, 0.2) is 78.9 Å². The predicted molar refractivity (Wildman–Crippen MR) is 102 cm³/mol. The van der Waals surface area contributed by atoms with Crippen LogP contribution in [0.5, 0.6) is 0 Å². The average Bonchev–Trinajstić information content (AvgIpc) is 2.71. The molecule has 3 rings (SSSR count). The summed E-state index contributed by atoms with van der Waals surface area (Å²) in [6, 6.07) is 20.0. The minimum atomic E-state index is -1.15. The van der Waals surface area contributed by atoms with Crippen LogP contribution in [-0.4, -0.2) is 17.9 Å². The number of benzene rings is 3. The third kappa shape index (κ3) is 4.23. The standard InChI is InChI=1S/C22H18F2N2O2/c23-17-12-11-16(13-18(17)24)22(28)26-20(21(25)27)19(14-7-3-1-4-8-14)15-9-5-2-6-10-15/h1-13,19-20H,(H2,25,27)(H,26,28)/t20-/m0/s1. The highest BCUT2D eigenvalue weighted by atomic mass is 19.2. The molecule has 0 unspecified atom stereocenters. The Bertz CT molecular complexity index is 939. The molecular formula is C22H18F2N2O2. The topological polar surface area (TPSA) is 72.2 Å². The number of carbonyl (C=O) groups is 2. The average molecular weight is 380 g/mol. The summed E-state index contributed by atoms with van der Waals surface area (Å²) in [5.41, 5.74) is 7.06. The van der Waals surface area contributed by atoms with Crippen LogP contribution in [0.25, 0.3) is 0 Å². The van der Waals surface area contributed by atoms with Gasteiger partial charge >= 0.3 is 0 Å². The van der Waals surface area contributed by atoms with E-state index in [0.29, 0.717) is 0 Å². The van der Waals surface area contributed by atoms with Crippen molar-refractivity contribution in [2.45, 2.75) is 12.0 Å². The Morgan fingerprint density at radius 1 is 0.786 bits per heavy atom. The van der Waals surface area contributed by atoms with Gasteiger partial charge in [0, 0.05) is 11.5 Å². The van der Waals surface area contributed by atoms with Gasteiger partial charge in [-0.25, -0.2) is 8.78 Å². The van der Waals surface area contributed by atoms with Crippen molar-refractivity contribution in [1.29, 1.82) is 0 Å². The Labute approximate surface area is 161 Å². The maximum Gasteiger partial charge on any atom is 0.252 e. The number of primary amides is 1. The van der Waals surface area contributed by atoms with E-state index in [4.69, 9.17) is 5.73 Å². The Balaban J connectivity index is 1.98. The number of hydrogen-bond acceptors (Lipinski definition) is 2. The Morgan fingerprint density at radius 3 is 1.79 bits per heavy atom. The molecule has 0 aromatic heterocycles. The summed E-state index contributed by atoms with van der Waals surface area (Å²) in [6.45, 7) is 0. The van der Waals surface area contributed by atoms with Crippen molar-refractivity contribution in [2.24, 2.45) is 5.73 Å². The molecule has 0 radical (unpaired) electrons. The van der Waals surface area contributed by atoms with Gasteiger partial charge in [-0.15, -0.1) is 0 Å². The maximum atomic E-state index is 13.5. The highest BCUT2D eigenvalue weighted by molar-refractivity contribution is 5.97. The van der Waals surface area contributed by atoms with Crippen LogP contribution in [-0.2, 0) is 4.79 Å². The fraction of sp³-hybridized carbons (Fsp3) is 0.0909. The molecule has 0 aliphatic rings. The zero-order valence-corrected chi connectivity index (χ0v) is 14.8. The molecule has 0 saturated carbocycles. The second-order valence-electron chi connectivity index (χ2n) is 6.28. The zero-order valence-electron chi connectivity index (χ0n) is 14.8. The molecule has 0 fully saturated rings. The number of nitrogens with one attached hydrogen (secondary N) is 1. The lowest BCUT2D eigenvalue weighted by molar-refractivity contribution is -0.120. The van der Waals surface area contributed by atoms with Crippen molar-refractivity contribution >= 4 is 11.8 Å². The molecule has 0 aliphatic heterocycles. The molecule has 3 aromatic carbocycles. The van der Waals surface area contributed by atoms with Crippen LogP contribution in [0.1, 0.15) is 27.4 Å². The SMILES string of the molecule is NC(=O)[C@@H](NC(=O)c1ccc(F)c(F)c1)C(c1ccccc1)c1ccccc1. The number of nitrogens with two attached hydrogens (primary N) is 1. The molecule has 28 heavy (non-hydrogen) atoms. The predicted octanol–water partition coefficient (Wildman–Crippen LogP) is 3.38. The third-order valence-corrected chi connectivity index (χ3v) is 4.43. The minimum Gasteiger partial charge on any atom is -0.368 e. The molecule has 142 valence electrons. The summed E-state index contributed by atoms with van der Waals surface area (Å²) in [5, 5.41) is 2.57. The zero-order chi connectivity index (χ0) is 20.1. The van der Waals surface area contributed by atoms with Gasteiger partial charge < -0.3 is 11.1 Å². The van der Waals surface area contributed by atoms with E-state index in [-0.39, 0.29) is 5.56 Å². The summed E-state index contributed by atoms with van der Waals surface area (Å²) >= 11 is 0. The van der Waals surface area contributed by atoms with Gasteiger partial charge in [-0.1, -0.05) is 60.7 Å². The van der Waals surface area contributed by atoms with Crippen LogP contribution in [0.3, 0.4) is 0 Å². The third-order valence-electron chi connectivity index (χ3n) is 4.43. The van der Waals surface area contributed by atoms with Crippen molar-refractivity contribution in [1.82, 2.24) is 5.32 Å². The lowest BCUT2D eigenvalue weighted by Crippen LogP contribution is -2.48. The molecule has 0 saturated heterocycles. The fourth-order valence-electron chi connectivity index (χ4n) is 3.08. The second-order valence-corrected chi connectivity index (χ2v) is 6.28. The molecule has 1 atom stereocenters.